The lowest BCUT2D eigenvalue weighted by molar-refractivity contribution is -0.118. The summed E-state index contributed by atoms with van der Waals surface area (Å²) in [5, 5.41) is 7.49. The normalized spacial score (nSPS) is 10.5. The molecule has 0 aromatic heterocycles. The summed E-state index contributed by atoms with van der Waals surface area (Å²) in [7, 11) is 0. The third-order valence-corrected chi connectivity index (χ3v) is 5.54. The zero-order valence-corrected chi connectivity index (χ0v) is 19.8. The highest BCUT2D eigenvalue weighted by atomic mass is 35.5. The second kappa shape index (κ2) is 11.1. The number of hydrogen-bond donors (Lipinski definition) is 2. The second-order valence-corrected chi connectivity index (χ2v) is 8.12. The molecular formula is C25H26Cl2N2O3. The van der Waals surface area contributed by atoms with Gasteiger partial charge in [-0.2, -0.15) is 0 Å². The monoisotopic (exact) mass is 472 g/mol. The number of hydrogen-bond acceptors (Lipinski definition) is 4. The predicted molar refractivity (Wildman–Crippen MR) is 131 cm³/mol. The van der Waals surface area contributed by atoms with E-state index in [2.05, 4.69) is 10.6 Å². The molecule has 0 bridgehead atoms. The molecule has 0 fully saturated rings. The largest absolute Gasteiger partial charge is 0.490 e. The first-order valence-electron chi connectivity index (χ1n) is 10.3. The number of amides is 1. The third kappa shape index (κ3) is 6.31. The van der Waals surface area contributed by atoms with Crippen LogP contribution in [-0.2, 0) is 11.3 Å². The van der Waals surface area contributed by atoms with Crippen LogP contribution in [0.5, 0.6) is 11.5 Å². The SMILES string of the molecule is CCOc1cc(CNc2cccc(Cl)c2C)ccc1OCC(=O)Nc1cc(Cl)ccc1C. The van der Waals surface area contributed by atoms with Crippen LogP contribution in [0, 0.1) is 13.8 Å². The summed E-state index contributed by atoms with van der Waals surface area (Å²) in [5.41, 5.74) is 4.57. The Labute approximate surface area is 198 Å². The lowest BCUT2D eigenvalue weighted by atomic mass is 10.1. The molecule has 0 radical (unpaired) electrons. The highest BCUT2D eigenvalue weighted by molar-refractivity contribution is 6.31. The summed E-state index contributed by atoms with van der Waals surface area (Å²) in [6.45, 7) is 6.70. The Kier molecular flexibility index (Phi) is 8.26. The zero-order valence-electron chi connectivity index (χ0n) is 18.3. The smallest absolute Gasteiger partial charge is 0.262 e. The molecule has 32 heavy (non-hydrogen) atoms. The van der Waals surface area contributed by atoms with Crippen molar-refractivity contribution in [2.45, 2.75) is 27.3 Å². The van der Waals surface area contributed by atoms with Crippen molar-refractivity contribution in [3.05, 3.63) is 81.3 Å². The van der Waals surface area contributed by atoms with Gasteiger partial charge in [0, 0.05) is 28.0 Å². The van der Waals surface area contributed by atoms with Gasteiger partial charge >= 0.3 is 0 Å². The Bertz CT molecular complexity index is 1100. The standard InChI is InChI=1S/C25H26Cl2N2O3/c1-4-31-24-12-18(14-28-21-7-5-6-20(27)17(21)3)9-11-23(24)32-15-25(30)29-22-13-19(26)10-8-16(22)2/h5-13,28H,4,14-15H2,1-3H3,(H,29,30). The number of nitrogens with one attached hydrogen (secondary N) is 2. The van der Waals surface area contributed by atoms with Crippen molar-refractivity contribution >= 4 is 40.5 Å². The Balaban J connectivity index is 1.64. The van der Waals surface area contributed by atoms with Crippen LogP contribution in [-0.4, -0.2) is 19.1 Å². The number of halogens is 2. The summed E-state index contributed by atoms with van der Waals surface area (Å²) < 4.78 is 11.5. The highest BCUT2D eigenvalue weighted by Gasteiger charge is 2.11. The van der Waals surface area contributed by atoms with Gasteiger partial charge in [0.25, 0.3) is 5.91 Å². The summed E-state index contributed by atoms with van der Waals surface area (Å²) in [6.07, 6.45) is 0. The minimum absolute atomic E-state index is 0.147. The van der Waals surface area contributed by atoms with E-state index in [0.717, 1.165) is 27.4 Å². The van der Waals surface area contributed by atoms with Crippen LogP contribution in [0.25, 0.3) is 0 Å². The molecule has 0 unspecified atom stereocenters. The summed E-state index contributed by atoms with van der Waals surface area (Å²) in [4.78, 5) is 12.4. The maximum atomic E-state index is 12.4. The van der Waals surface area contributed by atoms with Gasteiger partial charge in [-0.15, -0.1) is 0 Å². The van der Waals surface area contributed by atoms with Crippen LogP contribution in [0.1, 0.15) is 23.6 Å². The molecule has 7 heteroatoms. The summed E-state index contributed by atoms with van der Waals surface area (Å²) in [5.74, 6) is 0.814. The van der Waals surface area contributed by atoms with Crippen molar-refractivity contribution in [3.8, 4) is 11.5 Å². The molecule has 0 aliphatic carbocycles. The van der Waals surface area contributed by atoms with Gasteiger partial charge in [-0.25, -0.2) is 0 Å². The number of ether oxygens (including phenoxy) is 2. The molecule has 0 spiro atoms. The Morgan fingerprint density at radius 1 is 0.938 bits per heavy atom. The average Bonchev–Trinajstić information content (AvgIpc) is 2.77. The number of rotatable bonds is 9. The minimum Gasteiger partial charge on any atom is -0.490 e. The van der Waals surface area contributed by atoms with Gasteiger partial charge in [0.2, 0.25) is 0 Å². The predicted octanol–water partition coefficient (Wildman–Crippen LogP) is 6.64. The van der Waals surface area contributed by atoms with Crippen molar-refractivity contribution in [2.24, 2.45) is 0 Å². The van der Waals surface area contributed by atoms with Gasteiger partial charge in [-0.1, -0.05) is 41.4 Å². The summed E-state index contributed by atoms with van der Waals surface area (Å²) in [6, 6.07) is 16.8. The van der Waals surface area contributed by atoms with Crippen molar-refractivity contribution in [3.63, 3.8) is 0 Å². The zero-order chi connectivity index (χ0) is 23.1. The lowest BCUT2D eigenvalue weighted by Gasteiger charge is -2.15. The quantitative estimate of drug-likeness (QED) is 0.366. The average molecular weight is 473 g/mol. The molecule has 3 aromatic carbocycles. The van der Waals surface area contributed by atoms with Crippen LogP contribution < -0.4 is 20.1 Å². The van der Waals surface area contributed by atoms with E-state index in [1.807, 2.05) is 63.2 Å². The number of aryl methyl sites for hydroxylation is 1. The molecule has 0 atom stereocenters. The van der Waals surface area contributed by atoms with Gasteiger partial charge in [-0.05, 0) is 73.9 Å². The molecule has 5 nitrogen and oxygen atoms in total. The molecule has 0 aliphatic heterocycles. The fraction of sp³-hybridized carbons (Fsp3) is 0.240. The van der Waals surface area contributed by atoms with E-state index in [0.29, 0.717) is 35.4 Å². The van der Waals surface area contributed by atoms with Gasteiger partial charge in [-0.3, -0.25) is 4.79 Å². The molecule has 168 valence electrons. The van der Waals surface area contributed by atoms with Crippen molar-refractivity contribution in [1.82, 2.24) is 0 Å². The number of carbonyl (C=O) groups is 1. The molecule has 3 aromatic rings. The second-order valence-electron chi connectivity index (χ2n) is 7.28. The van der Waals surface area contributed by atoms with E-state index in [9.17, 15) is 4.79 Å². The van der Waals surface area contributed by atoms with Crippen LogP contribution in [0.4, 0.5) is 11.4 Å². The minimum atomic E-state index is -0.278. The van der Waals surface area contributed by atoms with Gasteiger partial charge in [0.05, 0.1) is 6.61 Å². The van der Waals surface area contributed by atoms with E-state index < -0.39 is 0 Å². The fourth-order valence-electron chi connectivity index (χ4n) is 3.10. The molecule has 3 rings (SSSR count). The van der Waals surface area contributed by atoms with Crippen LogP contribution in [0.2, 0.25) is 10.0 Å². The molecule has 0 heterocycles. The van der Waals surface area contributed by atoms with E-state index in [1.165, 1.54) is 0 Å². The van der Waals surface area contributed by atoms with E-state index >= 15 is 0 Å². The van der Waals surface area contributed by atoms with E-state index in [4.69, 9.17) is 32.7 Å². The molecule has 0 saturated carbocycles. The van der Waals surface area contributed by atoms with Crippen LogP contribution in [0.15, 0.2) is 54.6 Å². The van der Waals surface area contributed by atoms with Crippen LogP contribution >= 0.6 is 23.2 Å². The topological polar surface area (TPSA) is 59.6 Å². The Hall–Kier alpha value is -2.89. The van der Waals surface area contributed by atoms with Gasteiger partial charge < -0.3 is 20.1 Å². The third-order valence-electron chi connectivity index (χ3n) is 4.89. The molecule has 2 N–H and O–H groups in total. The first kappa shape index (κ1) is 23.8. The van der Waals surface area contributed by atoms with E-state index in [1.54, 1.807) is 12.1 Å². The maximum absolute atomic E-state index is 12.4. The first-order valence-corrected chi connectivity index (χ1v) is 11.1. The van der Waals surface area contributed by atoms with Gasteiger partial charge in [0.15, 0.2) is 18.1 Å². The molecular weight excluding hydrogens is 447 g/mol. The van der Waals surface area contributed by atoms with Gasteiger partial charge in [0.1, 0.15) is 0 Å². The van der Waals surface area contributed by atoms with E-state index in [-0.39, 0.29) is 12.5 Å². The number of anilines is 2. The summed E-state index contributed by atoms with van der Waals surface area (Å²) >= 11 is 12.2. The van der Waals surface area contributed by atoms with Crippen molar-refractivity contribution < 1.29 is 14.3 Å². The first-order chi connectivity index (χ1) is 15.4. The molecule has 0 saturated heterocycles. The molecule has 0 aliphatic rings. The van der Waals surface area contributed by atoms with Crippen molar-refractivity contribution in [2.75, 3.05) is 23.8 Å². The Morgan fingerprint density at radius 2 is 1.75 bits per heavy atom. The highest BCUT2D eigenvalue weighted by Crippen LogP contribution is 2.30. The number of carbonyl (C=O) groups excluding carboxylic acids is 1. The molecule has 1 amide bonds. The Morgan fingerprint density at radius 3 is 2.53 bits per heavy atom. The van der Waals surface area contributed by atoms with Crippen molar-refractivity contribution in [1.29, 1.82) is 0 Å². The fourth-order valence-corrected chi connectivity index (χ4v) is 3.45. The lowest BCUT2D eigenvalue weighted by Crippen LogP contribution is -2.21. The number of benzene rings is 3. The maximum Gasteiger partial charge on any atom is 0.262 e. The van der Waals surface area contributed by atoms with Crippen LogP contribution in [0.3, 0.4) is 0 Å².